The van der Waals surface area contributed by atoms with E-state index in [1.165, 1.54) is 21.4 Å². The molecule has 2 aliphatic heterocycles. The van der Waals surface area contributed by atoms with Crippen LogP contribution in [-0.4, -0.2) is 94.8 Å². The van der Waals surface area contributed by atoms with E-state index in [1.807, 2.05) is 42.3 Å². The molecule has 0 radical (unpaired) electrons. The van der Waals surface area contributed by atoms with Crippen LogP contribution >= 0.6 is 0 Å². The maximum Gasteiger partial charge on any atom is 0.264 e. The number of hydrazone groups is 1. The van der Waals surface area contributed by atoms with Crippen LogP contribution in [-0.2, 0) is 20.0 Å². The van der Waals surface area contributed by atoms with Crippen molar-refractivity contribution in [1.82, 2.24) is 18.9 Å². The molecule has 2 aliphatic rings. The number of rotatable bonds is 8. The lowest BCUT2D eigenvalue weighted by Crippen LogP contribution is -2.48. The molecule has 2 heterocycles. The molecule has 1 atom stereocenters. The van der Waals surface area contributed by atoms with Gasteiger partial charge in [-0.25, -0.2) is 40.3 Å². The summed E-state index contributed by atoms with van der Waals surface area (Å²) < 4.78 is 83.8. The van der Waals surface area contributed by atoms with Gasteiger partial charge in [0.2, 0.25) is 16.0 Å². The Hall–Kier alpha value is -3.72. The van der Waals surface area contributed by atoms with Gasteiger partial charge in [0, 0.05) is 32.1 Å². The predicted octanol–water partition coefficient (Wildman–Crippen LogP) is 2.68. The quantitative estimate of drug-likeness (QED) is 0.303. The first-order valence-electron chi connectivity index (χ1n) is 13.7. The molecule has 0 unspecified atom stereocenters. The minimum atomic E-state index is -4.25. The summed E-state index contributed by atoms with van der Waals surface area (Å²) in [7, 11) is -5.97. The largest absolute Gasteiger partial charge is 0.304 e. The number of sulfonamides is 2. The van der Waals surface area contributed by atoms with Crippen LogP contribution in [0.2, 0.25) is 0 Å². The number of benzene rings is 3. The van der Waals surface area contributed by atoms with E-state index in [2.05, 4.69) is 9.71 Å². The Morgan fingerprint density at radius 3 is 2.12 bits per heavy atom. The number of likely N-dealkylation sites (N-methyl/N-ethyl adjacent to an activating group) is 1. The number of guanidine groups is 1. The van der Waals surface area contributed by atoms with Gasteiger partial charge in [-0.1, -0.05) is 42.5 Å². The summed E-state index contributed by atoms with van der Waals surface area (Å²) >= 11 is 0. The Bertz CT molecular complexity index is 1690. The molecule has 0 aliphatic carbocycles. The van der Waals surface area contributed by atoms with E-state index in [-0.39, 0.29) is 35.6 Å². The van der Waals surface area contributed by atoms with Crippen molar-refractivity contribution in [2.75, 3.05) is 52.1 Å². The Labute approximate surface area is 250 Å². The molecular weight excluding hydrogens is 598 g/mol. The van der Waals surface area contributed by atoms with Crippen molar-refractivity contribution in [3.8, 4) is 0 Å². The maximum atomic E-state index is 13.7. The normalized spacial score (nSPS) is 19.0. The number of nitrogens with one attached hydrogen (secondary N) is 1. The van der Waals surface area contributed by atoms with Crippen molar-refractivity contribution >= 4 is 31.7 Å². The maximum absolute atomic E-state index is 13.7. The second-order valence-electron chi connectivity index (χ2n) is 10.3. The zero-order valence-corrected chi connectivity index (χ0v) is 25.1. The van der Waals surface area contributed by atoms with Crippen molar-refractivity contribution in [3.63, 3.8) is 0 Å². The van der Waals surface area contributed by atoms with Crippen LogP contribution in [0.15, 0.2) is 93.9 Å². The SMILES string of the molecule is CN1CCN(S(=O)(=O)CC/N=C(/NS(=O)(=O)c2ccc(F)cc2)N2C[C@H](c3ccccc3)C(c3ccc(F)cc3)=N2)CC1. The number of nitrogens with zero attached hydrogens (tertiary/aromatic N) is 5. The fourth-order valence-corrected chi connectivity index (χ4v) is 7.21. The van der Waals surface area contributed by atoms with Crippen LogP contribution in [0.3, 0.4) is 0 Å². The fraction of sp³-hybridized carbons (Fsp3) is 0.310. The van der Waals surface area contributed by atoms with Gasteiger partial charge in [-0.15, -0.1) is 0 Å². The zero-order chi connectivity index (χ0) is 30.6. The van der Waals surface area contributed by atoms with Crippen molar-refractivity contribution in [1.29, 1.82) is 0 Å². The molecule has 228 valence electrons. The minimum absolute atomic E-state index is 0.173. The highest BCUT2D eigenvalue weighted by Gasteiger charge is 2.33. The van der Waals surface area contributed by atoms with Gasteiger partial charge in [-0.3, -0.25) is 0 Å². The van der Waals surface area contributed by atoms with Gasteiger partial charge < -0.3 is 4.90 Å². The first kappa shape index (κ1) is 30.7. The summed E-state index contributed by atoms with van der Waals surface area (Å²) in [5, 5.41) is 6.07. The highest BCUT2D eigenvalue weighted by atomic mass is 32.2. The molecule has 5 rings (SSSR count). The molecule has 14 heteroatoms. The van der Waals surface area contributed by atoms with Crippen molar-refractivity contribution < 1.29 is 25.6 Å². The molecule has 0 bridgehead atoms. The second kappa shape index (κ2) is 12.9. The number of piperazine rings is 1. The smallest absolute Gasteiger partial charge is 0.264 e. The van der Waals surface area contributed by atoms with E-state index in [1.54, 1.807) is 12.1 Å². The van der Waals surface area contributed by atoms with Gasteiger partial charge in [0.15, 0.2) is 0 Å². The molecule has 3 aromatic rings. The van der Waals surface area contributed by atoms with E-state index in [4.69, 9.17) is 5.10 Å². The third kappa shape index (κ3) is 7.44. The lowest BCUT2D eigenvalue weighted by atomic mass is 9.91. The molecule has 10 nitrogen and oxygen atoms in total. The van der Waals surface area contributed by atoms with Crippen LogP contribution in [0.1, 0.15) is 17.0 Å². The van der Waals surface area contributed by atoms with Crippen molar-refractivity contribution in [2.24, 2.45) is 10.1 Å². The Morgan fingerprint density at radius 2 is 1.49 bits per heavy atom. The summed E-state index contributed by atoms with van der Waals surface area (Å²) in [6, 6.07) is 19.6. The Morgan fingerprint density at radius 1 is 0.884 bits per heavy atom. The van der Waals surface area contributed by atoms with Crippen molar-refractivity contribution in [3.05, 3.63) is 102 Å². The monoisotopic (exact) mass is 630 g/mol. The molecule has 1 N–H and O–H groups in total. The molecule has 0 amide bonds. The number of hydrogen-bond acceptors (Lipinski definition) is 7. The van der Waals surface area contributed by atoms with Gasteiger partial charge in [0.25, 0.3) is 10.0 Å². The van der Waals surface area contributed by atoms with Crippen molar-refractivity contribution in [2.45, 2.75) is 10.8 Å². The Kier molecular flexibility index (Phi) is 9.20. The van der Waals surface area contributed by atoms with Gasteiger partial charge in [-0.2, -0.15) is 9.41 Å². The molecule has 0 spiro atoms. The fourth-order valence-electron chi connectivity index (χ4n) is 4.88. The van der Waals surface area contributed by atoms with E-state index >= 15 is 0 Å². The van der Waals surface area contributed by atoms with Crippen LogP contribution in [0, 0.1) is 11.6 Å². The first-order valence-corrected chi connectivity index (χ1v) is 16.8. The molecule has 1 fully saturated rings. The standard InChI is InChI=1S/C29H32F2N6O4S2/c1-35-16-18-36(19-17-35)42(38,39)20-15-32-29(34-43(40,41)26-13-11-25(31)12-14-26)37-21-27(22-5-3-2-4-6-22)28(33-37)23-7-9-24(30)10-8-23/h2-14,27H,15-21H2,1H3,(H,32,34)/t27-/m1/s1. The van der Waals surface area contributed by atoms with Crippen LogP contribution in [0.25, 0.3) is 0 Å². The molecular formula is C29H32F2N6O4S2. The average molecular weight is 631 g/mol. The molecule has 0 aromatic heterocycles. The van der Waals surface area contributed by atoms with Crippen LogP contribution in [0.5, 0.6) is 0 Å². The Balaban J connectivity index is 1.48. The number of halogens is 2. The summed E-state index contributed by atoms with van der Waals surface area (Å²) in [6.07, 6.45) is 0. The zero-order valence-electron chi connectivity index (χ0n) is 23.5. The molecule has 3 aromatic carbocycles. The minimum Gasteiger partial charge on any atom is -0.304 e. The van der Waals surface area contributed by atoms with Gasteiger partial charge >= 0.3 is 0 Å². The average Bonchev–Trinajstić information content (AvgIpc) is 3.43. The lowest BCUT2D eigenvalue weighted by molar-refractivity contribution is 0.222. The number of aliphatic imine (C=N–C) groups is 1. The highest BCUT2D eigenvalue weighted by molar-refractivity contribution is 7.90. The van der Waals surface area contributed by atoms with Gasteiger partial charge in [-0.05, 0) is 54.6 Å². The summed E-state index contributed by atoms with van der Waals surface area (Å²) in [4.78, 5) is 6.23. The highest BCUT2D eigenvalue weighted by Crippen LogP contribution is 2.29. The summed E-state index contributed by atoms with van der Waals surface area (Å²) in [5.41, 5.74) is 2.09. The summed E-state index contributed by atoms with van der Waals surface area (Å²) in [5.74, 6) is -1.85. The predicted molar refractivity (Wildman–Crippen MR) is 161 cm³/mol. The van der Waals surface area contributed by atoms with E-state index in [0.717, 1.165) is 29.8 Å². The van der Waals surface area contributed by atoms with E-state index in [9.17, 15) is 25.6 Å². The lowest BCUT2D eigenvalue weighted by Gasteiger charge is -2.31. The van der Waals surface area contributed by atoms with Crippen LogP contribution in [0.4, 0.5) is 8.78 Å². The van der Waals surface area contributed by atoms with E-state index < -0.39 is 31.7 Å². The van der Waals surface area contributed by atoms with E-state index in [0.29, 0.717) is 37.5 Å². The molecule has 0 saturated carbocycles. The van der Waals surface area contributed by atoms with Gasteiger partial charge in [0.05, 0.1) is 29.4 Å². The van der Waals surface area contributed by atoms with Crippen LogP contribution < -0.4 is 4.72 Å². The molecule has 1 saturated heterocycles. The number of hydrogen-bond donors (Lipinski definition) is 1. The topological polar surface area (TPSA) is 115 Å². The third-order valence-corrected chi connectivity index (χ3v) is 10.5. The third-order valence-electron chi connectivity index (χ3n) is 7.32. The van der Waals surface area contributed by atoms with Gasteiger partial charge in [0.1, 0.15) is 11.6 Å². The summed E-state index contributed by atoms with van der Waals surface area (Å²) in [6.45, 7) is 1.89. The second-order valence-corrected chi connectivity index (χ2v) is 14.1. The molecule has 43 heavy (non-hydrogen) atoms. The first-order chi connectivity index (χ1) is 20.5.